The Hall–Kier alpha value is -2.84. The van der Waals surface area contributed by atoms with Crippen LogP contribution in [0.15, 0.2) is 30.5 Å². The van der Waals surface area contributed by atoms with Crippen molar-refractivity contribution < 1.29 is 19.4 Å². The number of nitrogens with one attached hydrogen (secondary N) is 1. The maximum atomic E-state index is 12.5. The molecular weight excluding hydrogens is 372 g/mol. The summed E-state index contributed by atoms with van der Waals surface area (Å²) in [6.45, 7) is 6.74. The lowest BCUT2D eigenvalue weighted by molar-refractivity contribution is 0.0851. The van der Waals surface area contributed by atoms with E-state index in [0.29, 0.717) is 24.5 Å². The number of hydrogen-bond donors (Lipinski definition) is 2. The van der Waals surface area contributed by atoms with Crippen LogP contribution in [0.3, 0.4) is 0 Å². The molecule has 3 aromatic rings. The number of aromatic nitrogens is 4. The van der Waals surface area contributed by atoms with Crippen molar-refractivity contribution in [1.29, 1.82) is 0 Å². The Morgan fingerprint density at radius 2 is 2.00 bits per heavy atom. The summed E-state index contributed by atoms with van der Waals surface area (Å²) in [4.78, 5) is 28.2. The highest BCUT2D eigenvalue weighted by molar-refractivity contribution is 6.02. The van der Waals surface area contributed by atoms with Crippen LogP contribution in [0.5, 0.6) is 0 Å². The fourth-order valence-electron chi connectivity index (χ4n) is 2.95. The molecule has 0 bridgehead atoms. The molecule has 2 heterocycles. The molecule has 0 amide bonds. The molecule has 0 aliphatic rings. The molecule has 0 spiro atoms. The summed E-state index contributed by atoms with van der Waals surface area (Å²) in [6.07, 6.45) is 1.79. The Morgan fingerprint density at radius 1 is 1.21 bits per heavy atom. The van der Waals surface area contributed by atoms with E-state index in [4.69, 9.17) is 9.84 Å². The summed E-state index contributed by atoms with van der Waals surface area (Å²) in [5.74, 6) is -0.0840. The topological polar surface area (TPSA) is 110 Å². The molecule has 0 unspecified atom stereocenters. The van der Waals surface area contributed by atoms with Crippen LogP contribution in [0.4, 0.5) is 0 Å². The minimum Gasteiger partial charge on any atom is -0.394 e. The van der Waals surface area contributed by atoms with Gasteiger partial charge < -0.3 is 14.8 Å². The first-order valence-electron chi connectivity index (χ1n) is 9.56. The summed E-state index contributed by atoms with van der Waals surface area (Å²) >= 11 is 0. The smallest absolute Gasteiger partial charge is 0.189 e. The van der Waals surface area contributed by atoms with Crippen molar-refractivity contribution in [3.8, 4) is 0 Å². The van der Waals surface area contributed by atoms with Gasteiger partial charge in [0.2, 0.25) is 0 Å². The Bertz CT molecular complexity index is 1010. The van der Waals surface area contributed by atoms with Crippen LogP contribution in [0, 0.1) is 5.41 Å². The Kier molecular flexibility index (Phi) is 6.24. The summed E-state index contributed by atoms with van der Waals surface area (Å²) in [5, 5.41) is 17.5. The van der Waals surface area contributed by atoms with Crippen LogP contribution in [-0.4, -0.2) is 56.5 Å². The monoisotopic (exact) mass is 398 g/mol. The second-order valence-corrected chi connectivity index (χ2v) is 7.99. The van der Waals surface area contributed by atoms with Crippen molar-refractivity contribution in [2.75, 3.05) is 19.8 Å². The molecule has 8 nitrogen and oxygen atoms in total. The van der Waals surface area contributed by atoms with Gasteiger partial charge in [-0.25, -0.2) is 4.68 Å². The molecule has 0 fully saturated rings. The first kappa shape index (κ1) is 20.9. The lowest BCUT2D eigenvalue weighted by atomic mass is 9.89. The average molecular weight is 398 g/mol. The predicted molar refractivity (Wildman–Crippen MR) is 108 cm³/mol. The second kappa shape index (κ2) is 8.67. The van der Waals surface area contributed by atoms with Crippen molar-refractivity contribution in [3.63, 3.8) is 0 Å². The molecule has 3 rings (SSSR count). The number of nitrogens with zero attached hydrogens (tertiary/aromatic N) is 3. The fraction of sp³-hybridized carbons (Fsp3) is 0.429. The van der Waals surface area contributed by atoms with Gasteiger partial charge in [-0.15, -0.1) is 5.10 Å². The van der Waals surface area contributed by atoms with Crippen molar-refractivity contribution in [2.45, 2.75) is 33.7 Å². The van der Waals surface area contributed by atoms with Gasteiger partial charge in [-0.05, 0) is 23.8 Å². The van der Waals surface area contributed by atoms with E-state index in [-0.39, 0.29) is 31.2 Å². The summed E-state index contributed by atoms with van der Waals surface area (Å²) in [7, 11) is 0. The number of aromatic amines is 1. The zero-order valence-electron chi connectivity index (χ0n) is 16.9. The van der Waals surface area contributed by atoms with Gasteiger partial charge >= 0.3 is 0 Å². The van der Waals surface area contributed by atoms with Crippen LogP contribution in [0.1, 0.15) is 47.3 Å². The van der Waals surface area contributed by atoms with E-state index in [1.54, 1.807) is 10.9 Å². The maximum absolute atomic E-state index is 12.5. The molecule has 0 radical (unpaired) electrons. The highest BCUT2D eigenvalue weighted by Gasteiger charge is 2.24. The average Bonchev–Trinajstić information content (AvgIpc) is 3.30. The molecule has 1 aromatic carbocycles. The van der Waals surface area contributed by atoms with Gasteiger partial charge in [0.1, 0.15) is 5.69 Å². The normalized spacial score (nSPS) is 11.9. The number of H-pyrrole nitrogens is 1. The summed E-state index contributed by atoms with van der Waals surface area (Å²) in [5.41, 5.74) is 2.11. The Balaban J connectivity index is 1.67. The van der Waals surface area contributed by atoms with Crippen LogP contribution < -0.4 is 0 Å². The first-order chi connectivity index (χ1) is 13.8. The number of Topliss-reactive ketones (excluding diaryl/α,β-unsaturated/α-hetero) is 2. The van der Waals surface area contributed by atoms with Gasteiger partial charge in [-0.3, -0.25) is 9.59 Å². The molecular formula is C21H26N4O4. The van der Waals surface area contributed by atoms with E-state index in [2.05, 4.69) is 15.3 Å². The van der Waals surface area contributed by atoms with Crippen LogP contribution in [-0.2, 0) is 17.7 Å². The number of carbonyl (C=O) groups excluding carboxylic acids is 2. The van der Waals surface area contributed by atoms with Gasteiger partial charge in [0.25, 0.3) is 0 Å². The van der Waals surface area contributed by atoms with Crippen molar-refractivity contribution in [2.24, 2.45) is 5.41 Å². The number of carbonyl (C=O) groups is 2. The molecule has 8 heteroatoms. The van der Waals surface area contributed by atoms with Crippen LogP contribution in [0.25, 0.3) is 10.9 Å². The van der Waals surface area contributed by atoms with E-state index >= 15 is 0 Å². The van der Waals surface area contributed by atoms with E-state index < -0.39 is 5.41 Å². The number of rotatable bonds is 9. The van der Waals surface area contributed by atoms with Crippen LogP contribution in [0.2, 0.25) is 0 Å². The Morgan fingerprint density at radius 3 is 2.72 bits per heavy atom. The van der Waals surface area contributed by atoms with E-state index in [1.807, 2.05) is 45.0 Å². The third kappa shape index (κ3) is 5.16. The molecule has 0 atom stereocenters. The number of aliphatic hydroxyl groups is 1. The third-order valence-corrected chi connectivity index (χ3v) is 4.50. The summed E-state index contributed by atoms with van der Waals surface area (Å²) < 4.78 is 6.73. The van der Waals surface area contributed by atoms with E-state index in [9.17, 15) is 9.59 Å². The van der Waals surface area contributed by atoms with Crippen molar-refractivity contribution in [3.05, 3.63) is 47.4 Å². The van der Waals surface area contributed by atoms with Gasteiger partial charge in [-0.2, -0.15) is 0 Å². The number of benzene rings is 1. The minimum atomic E-state index is -0.464. The molecule has 0 aliphatic heterocycles. The maximum Gasteiger partial charge on any atom is 0.189 e. The molecule has 2 N–H and O–H groups in total. The quantitative estimate of drug-likeness (QED) is 0.423. The lowest BCUT2D eigenvalue weighted by Gasteiger charge is -2.14. The molecule has 0 aliphatic carbocycles. The SMILES string of the molecule is CC(C)(C)C(=O)c1cc2cc(CC(=O)c3cn(CCOCCO)nn3)ccc2[nH]1. The lowest BCUT2D eigenvalue weighted by Crippen LogP contribution is -2.20. The number of ketones is 2. The van der Waals surface area contributed by atoms with Gasteiger partial charge in [0.15, 0.2) is 11.6 Å². The molecule has 29 heavy (non-hydrogen) atoms. The largest absolute Gasteiger partial charge is 0.394 e. The fourth-order valence-corrected chi connectivity index (χ4v) is 2.95. The molecule has 154 valence electrons. The standard InChI is InChI=1S/C21H26N4O4/c1-21(2,3)20(28)17-12-15-10-14(4-5-16(15)22-17)11-19(27)18-13-25(24-23-18)6-8-29-9-7-26/h4-5,10,12-13,22,26H,6-9,11H2,1-3H3. The van der Waals surface area contributed by atoms with Gasteiger partial charge in [0.05, 0.1) is 38.3 Å². The highest BCUT2D eigenvalue weighted by atomic mass is 16.5. The second-order valence-electron chi connectivity index (χ2n) is 7.99. The van der Waals surface area contributed by atoms with E-state index in [1.165, 1.54) is 0 Å². The number of fused-ring (bicyclic) bond motifs is 1. The van der Waals surface area contributed by atoms with Gasteiger partial charge in [-0.1, -0.05) is 32.1 Å². The predicted octanol–water partition coefficient (Wildman–Crippen LogP) is 2.42. The van der Waals surface area contributed by atoms with Crippen molar-refractivity contribution >= 4 is 22.5 Å². The number of hydrogen-bond acceptors (Lipinski definition) is 6. The molecule has 2 aromatic heterocycles. The van der Waals surface area contributed by atoms with Gasteiger partial charge in [0, 0.05) is 22.7 Å². The van der Waals surface area contributed by atoms with E-state index in [0.717, 1.165) is 16.5 Å². The molecule has 0 saturated heterocycles. The first-order valence-corrected chi connectivity index (χ1v) is 9.56. The van der Waals surface area contributed by atoms with Crippen molar-refractivity contribution in [1.82, 2.24) is 20.0 Å². The van der Waals surface area contributed by atoms with Crippen LogP contribution >= 0.6 is 0 Å². The number of ether oxygens (including phenoxy) is 1. The zero-order valence-corrected chi connectivity index (χ0v) is 16.9. The Labute approximate surface area is 168 Å². The minimum absolute atomic E-state index is 0.0293. The zero-order chi connectivity index (χ0) is 21.0. The molecule has 0 saturated carbocycles. The highest BCUT2D eigenvalue weighted by Crippen LogP contribution is 2.24. The number of aliphatic hydroxyl groups excluding tert-OH is 1. The third-order valence-electron chi connectivity index (χ3n) is 4.50. The summed E-state index contributed by atoms with van der Waals surface area (Å²) in [6, 6.07) is 7.50.